The van der Waals surface area contributed by atoms with Gasteiger partial charge < -0.3 is 4.90 Å². The van der Waals surface area contributed by atoms with E-state index in [1.165, 1.54) is 27.9 Å². The second-order valence-electron chi connectivity index (χ2n) is 6.76. The highest BCUT2D eigenvalue weighted by atomic mass is 32.1. The molecule has 0 fully saturated rings. The molecule has 4 rings (SSSR count). The molecule has 152 valence electrons. The minimum absolute atomic E-state index is 0.0215. The minimum atomic E-state index is -0.443. The predicted octanol–water partition coefficient (Wildman–Crippen LogP) is 3.73. The third-order valence-corrected chi connectivity index (χ3v) is 5.98. The van der Waals surface area contributed by atoms with E-state index in [1.807, 2.05) is 18.2 Å². The number of anilines is 1. The molecule has 0 aliphatic rings. The number of imidazole rings is 1. The van der Waals surface area contributed by atoms with Crippen LogP contribution in [-0.4, -0.2) is 27.4 Å². The second-order valence-corrected chi connectivity index (χ2v) is 7.77. The summed E-state index contributed by atoms with van der Waals surface area (Å²) in [7, 11) is 0. The van der Waals surface area contributed by atoms with Crippen molar-refractivity contribution in [2.75, 3.05) is 18.0 Å². The number of nitro groups is 1. The Morgan fingerprint density at radius 2 is 1.77 bits per heavy atom. The average Bonchev–Trinajstić information content (AvgIpc) is 3.30. The van der Waals surface area contributed by atoms with E-state index in [2.05, 4.69) is 35.9 Å². The molecule has 0 saturated heterocycles. The number of aromatic nitrogens is 2. The molecule has 0 spiro atoms. The van der Waals surface area contributed by atoms with Gasteiger partial charge >= 0.3 is 0 Å². The van der Waals surface area contributed by atoms with Gasteiger partial charge in [0.25, 0.3) is 11.2 Å². The van der Waals surface area contributed by atoms with Crippen LogP contribution in [0, 0.1) is 10.1 Å². The van der Waals surface area contributed by atoms with Crippen molar-refractivity contribution in [3.05, 3.63) is 85.3 Å². The molecule has 30 heavy (non-hydrogen) atoms. The first-order valence-corrected chi connectivity index (χ1v) is 10.4. The van der Waals surface area contributed by atoms with Gasteiger partial charge in [-0.25, -0.2) is 4.98 Å². The van der Waals surface area contributed by atoms with E-state index in [1.54, 1.807) is 18.3 Å². The fraction of sp³-hybridized carbons (Fsp3) is 0.182. The van der Waals surface area contributed by atoms with Crippen molar-refractivity contribution >= 4 is 33.7 Å². The van der Waals surface area contributed by atoms with E-state index < -0.39 is 4.92 Å². The molecular formula is C22H20N4O3S. The van der Waals surface area contributed by atoms with Crippen molar-refractivity contribution in [1.29, 1.82) is 0 Å². The fourth-order valence-electron chi connectivity index (χ4n) is 3.35. The maximum atomic E-state index is 12.8. The quantitative estimate of drug-likeness (QED) is 0.351. The lowest BCUT2D eigenvalue weighted by Crippen LogP contribution is -2.22. The molecule has 0 amide bonds. The number of thiazole rings is 1. The Labute approximate surface area is 176 Å². The number of hydrogen-bond donors (Lipinski definition) is 0. The van der Waals surface area contributed by atoms with Gasteiger partial charge in [-0.2, -0.15) is 0 Å². The van der Waals surface area contributed by atoms with Crippen molar-refractivity contribution in [3.8, 4) is 11.3 Å². The Balaban J connectivity index is 1.65. The molecule has 2 aromatic carbocycles. The van der Waals surface area contributed by atoms with Crippen molar-refractivity contribution in [3.63, 3.8) is 0 Å². The Kier molecular flexibility index (Phi) is 5.33. The number of fused-ring (bicyclic) bond motifs is 1. The number of rotatable bonds is 6. The summed E-state index contributed by atoms with van der Waals surface area (Å²) >= 11 is 1.33. The SMILES string of the molecule is CCN(CC)c1ccc(/C=c2\sc3nc(-c4ccc([N+](=O)[O-])cc4)cn3c2=O)cc1. The lowest BCUT2D eigenvalue weighted by molar-refractivity contribution is -0.384. The van der Waals surface area contributed by atoms with Gasteiger partial charge in [-0.05, 0) is 49.8 Å². The van der Waals surface area contributed by atoms with E-state index in [-0.39, 0.29) is 11.2 Å². The summed E-state index contributed by atoms with van der Waals surface area (Å²) in [6, 6.07) is 14.3. The number of benzene rings is 2. The molecule has 0 aliphatic heterocycles. The summed E-state index contributed by atoms with van der Waals surface area (Å²) in [5, 5.41) is 10.8. The molecule has 0 radical (unpaired) electrons. The normalized spacial score (nSPS) is 11.9. The van der Waals surface area contributed by atoms with Crippen LogP contribution in [0.5, 0.6) is 0 Å². The molecule has 4 aromatic rings. The van der Waals surface area contributed by atoms with E-state index in [4.69, 9.17) is 0 Å². The first-order chi connectivity index (χ1) is 14.5. The van der Waals surface area contributed by atoms with Crippen LogP contribution in [0.4, 0.5) is 11.4 Å². The number of nitro benzene ring substituents is 1. The largest absolute Gasteiger partial charge is 0.372 e. The molecule has 0 atom stereocenters. The smallest absolute Gasteiger partial charge is 0.274 e. The Morgan fingerprint density at radius 1 is 1.10 bits per heavy atom. The Bertz CT molecular complexity index is 1300. The maximum absolute atomic E-state index is 12.8. The molecule has 0 N–H and O–H groups in total. The molecule has 8 heteroatoms. The molecule has 0 unspecified atom stereocenters. The number of nitrogens with zero attached hydrogens (tertiary/aromatic N) is 4. The highest BCUT2D eigenvalue weighted by molar-refractivity contribution is 7.15. The van der Waals surface area contributed by atoms with Crippen LogP contribution in [0.2, 0.25) is 0 Å². The zero-order chi connectivity index (χ0) is 21.3. The molecule has 2 heterocycles. The summed E-state index contributed by atoms with van der Waals surface area (Å²) in [6.45, 7) is 6.15. The molecule has 0 aliphatic carbocycles. The topological polar surface area (TPSA) is 80.8 Å². The van der Waals surface area contributed by atoms with Crippen LogP contribution in [0.1, 0.15) is 19.4 Å². The molecule has 0 bridgehead atoms. The van der Waals surface area contributed by atoms with Crippen LogP contribution >= 0.6 is 11.3 Å². The number of hydrogen-bond acceptors (Lipinski definition) is 6. The van der Waals surface area contributed by atoms with E-state index >= 15 is 0 Å². The first kappa shape index (κ1) is 19.8. The van der Waals surface area contributed by atoms with Gasteiger partial charge in [0.1, 0.15) is 0 Å². The Hall–Kier alpha value is -3.52. The Morgan fingerprint density at radius 3 is 2.33 bits per heavy atom. The summed E-state index contributed by atoms with van der Waals surface area (Å²) in [5.74, 6) is 0. The van der Waals surface area contributed by atoms with Crippen molar-refractivity contribution in [1.82, 2.24) is 9.38 Å². The fourth-order valence-corrected chi connectivity index (χ4v) is 4.30. The highest BCUT2D eigenvalue weighted by Gasteiger charge is 2.12. The van der Waals surface area contributed by atoms with E-state index in [9.17, 15) is 14.9 Å². The predicted molar refractivity (Wildman–Crippen MR) is 120 cm³/mol. The van der Waals surface area contributed by atoms with Gasteiger partial charge in [0, 0.05) is 42.7 Å². The second kappa shape index (κ2) is 8.08. The summed E-state index contributed by atoms with van der Waals surface area (Å²) in [5.41, 5.74) is 3.37. The standard InChI is InChI=1S/C22H20N4O3S/c1-3-24(4-2)17-9-5-15(6-10-17)13-20-21(27)25-14-19(23-22(25)30-20)16-7-11-18(12-8-16)26(28)29/h5-14H,3-4H2,1-2H3/b20-13-. The van der Waals surface area contributed by atoms with Crippen molar-refractivity contribution < 1.29 is 4.92 Å². The van der Waals surface area contributed by atoms with Gasteiger partial charge in [0.05, 0.1) is 15.1 Å². The minimum Gasteiger partial charge on any atom is -0.372 e. The lowest BCUT2D eigenvalue weighted by Gasteiger charge is -2.20. The highest BCUT2D eigenvalue weighted by Crippen LogP contribution is 2.22. The lowest BCUT2D eigenvalue weighted by atomic mass is 10.1. The summed E-state index contributed by atoms with van der Waals surface area (Å²) in [6.07, 6.45) is 3.55. The van der Waals surface area contributed by atoms with E-state index in [0.717, 1.165) is 29.9 Å². The van der Waals surface area contributed by atoms with Gasteiger partial charge in [0.2, 0.25) is 0 Å². The third-order valence-electron chi connectivity index (χ3n) is 5.00. The monoisotopic (exact) mass is 420 g/mol. The van der Waals surface area contributed by atoms with Crippen LogP contribution in [0.25, 0.3) is 22.3 Å². The zero-order valence-electron chi connectivity index (χ0n) is 16.6. The molecular weight excluding hydrogens is 400 g/mol. The van der Waals surface area contributed by atoms with E-state index in [0.29, 0.717) is 15.2 Å². The van der Waals surface area contributed by atoms with Crippen molar-refractivity contribution in [2.24, 2.45) is 0 Å². The third kappa shape index (κ3) is 3.69. The first-order valence-electron chi connectivity index (χ1n) is 9.63. The van der Waals surface area contributed by atoms with Gasteiger partial charge in [-0.3, -0.25) is 19.3 Å². The average molecular weight is 420 g/mol. The van der Waals surface area contributed by atoms with Crippen LogP contribution in [-0.2, 0) is 0 Å². The van der Waals surface area contributed by atoms with Crippen LogP contribution < -0.4 is 15.0 Å². The van der Waals surface area contributed by atoms with Crippen LogP contribution in [0.3, 0.4) is 0 Å². The summed E-state index contributed by atoms with van der Waals surface area (Å²) in [4.78, 5) is 30.5. The number of non-ortho nitro benzene ring substituents is 1. The van der Waals surface area contributed by atoms with Crippen LogP contribution in [0.15, 0.2) is 59.5 Å². The molecule has 0 saturated carbocycles. The van der Waals surface area contributed by atoms with Gasteiger partial charge in [-0.15, -0.1) is 0 Å². The zero-order valence-corrected chi connectivity index (χ0v) is 17.4. The van der Waals surface area contributed by atoms with Gasteiger partial charge in [-0.1, -0.05) is 23.5 Å². The summed E-state index contributed by atoms with van der Waals surface area (Å²) < 4.78 is 2.14. The van der Waals surface area contributed by atoms with Crippen molar-refractivity contribution in [2.45, 2.75) is 13.8 Å². The molecule has 2 aromatic heterocycles. The van der Waals surface area contributed by atoms with Gasteiger partial charge in [0.15, 0.2) is 4.96 Å². The maximum Gasteiger partial charge on any atom is 0.274 e. The molecule has 7 nitrogen and oxygen atoms in total.